The molecule has 1 saturated heterocycles. The maximum atomic E-state index is 4.20. The summed E-state index contributed by atoms with van der Waals surface area (Å²) in [5.41, 5.74) is 5.54. The second-order valence-corrected chi connectivity index (χ2v) is 8.32. The minimum Gasteiger partial charge on any atom is -0.374 e. The first-order chi connectivity index (χ1) is 14.1. The molecule has 0 aromatic heterocycles. The van der Waals surface area contributed by atoms with Gasteiger partial charge in [0.15, 0.2) is 0 Å². The quantitative estimate of drug-likeness (QED) is 0.404. The third kappa shape index (κ3) is 5.32. The second kappa shape index (κ2) is 10.3. The van der Waals surface area contributed by atoms with E-state index in [-0.39, 0.29) is 0 Å². The van der Waals surface area contributed by atoms with Crippen LogP contribution in [0.2, 0.25) is 0 Å². The fourth-order valence-corrected chi connectivity index (χ4v) is 4.84. The molecular formula is C27H36N2. The summed E-state index contributed by atoms with van der Waals surface area (Å²) in [4.78, 5) is 5.19. The first kappa shape index (κ1) is 21.2. The van der Waals surface area contributed by atoms with Crippen LogP contribution in [-0.4, -0.2) is 35.5 Å². The van der Waals surface area contributed by atoms with Gasteiger partial charge in [0.1, 0.15) is 0 Å². The van der Waals surface area contributed by atoms with Gasteiger partial charge in [0.25, 0.3) is 0 Å². The average molecular weight is 389 g/mol. The summed E-state index contributed by atoms with van der Waals surface area (Å²) in [6.45, 7) is 19.1. The molecule has 2 nitrogen and oxygen atoms in total. The lowest BCUT2D eigenvalue weighted by Gasteiger charge is -2.44. The third-order valence-corrected chi connectivity index (χ3v) is 6.33. The first-order valence-electron chi connectivity index (χ1n) is 11.0. The van der Waals surface area contributed by atoms with Gasteiger partial charge in [-0.1, -0.05) is 73.9 Å². The molecule has 0 aromatic carbocycles. The van der Waals surface area contributed by atoms with E-state index in [1.807, 2.05) is 24.3 Å². The van der Waals surface area contributed by atoms with E-state index in [9.17, 15) is 0 Å². The smallest absolute Gasteiger partial charge is 0.0555 e. The highest BCUT2D eigenvalue weighted by molar-refractivity contribution is 5.39. The van der Waals surface area contributed by atoms with Crippen LogP contribution < -0.4 is 0 Å². The average Bonchev–Trinajstić information content (AvgIpc) is 3.16. The highest BCUT2D eigenvalue weighted by Crippen LogP contribution is 2.43. The van der Waals surface area contributed by atoms with Crippen LogP contribution in [0, 0.1) is 5.92 Å². The van der Waals surface area contributed by atoms with Crippen LogP contribution in [0.5, 0.6) is 0 Å². The molecule has 1 fully saturated rings. The monoisotopic (exact) mass is 388 g/mol. The summed E-state index contributed by atoms with van der Waals surface area (Å²) < 4.78 is 0. The summed E-state index contributed by atoms with van der Waals surface area (Å²) in [6, 6.07) is 0.543. The van der Waals surface area contributed by atoms with E-state index < -0.39 is 0 Å². The fourth-order valence-electron chi connectivity index (χ4n) is 4.84. The number of piperidine rings is 1. The van der Waals surface area contributed by atoms with Crippen LogP contribution in [0.15, 0.2) is 97.5 Å². The second-order valence-electron chi connectivity index (χ2n) is 8.32. The zero-order chi connectivity index (χ0) is 20.6. The Bertz CT molecular complexity index is 761. The number of allylic oxidation sites excluding steroid dienone is 7. The van der Waals surface area contributed by atoms with E-state index in [1.54, 1.807) is 11.3 Å². The van der Waals surface area contributed by atoms with Crippen LogP contribution in [0.1, 0.15) is 38.5 Å². The molecule has 29 heavy (non-hydrogen) atoms. The Labute approximate surface area is 177 Å². The molecular weight excluding hydrogens is 352 g/mol. The number of hydrogen-bond acceptors (Lipinski definition) is 2. The Kier molecular flexibility index (Phi) is 7.57. The highest BCUT2D eigenvalue weighted by atomic mass is 15.2. The van der Waals surface area contributed by atoms with Crippen LogP contribution in [0.3, 0.4) is 0 Å². The SMILES string of the molecule is C=CC=CC(=C)CCN1CCCC2CCC3C(=C21)C=CN3CCC(=C)C=CC=C. The molecule has 0 amide bonds. The van der Waals surface area contributed by atoms with Crippen molar-refractivity contribution < 1.29 is 0 Å². The Balaban J connectivity index is 1.67. The van der Waals surface area contributed by atoms with Crippen molar-refractivity contribution in [3.63, 3.8) is 0 Å². The molecule has 2 unspecified atom stereocenters. The summed E-state index contributed by atoms with van der Waals surface area (Å²) in [7, 11) is 0. The summed E-state index contributed by atoms with van der Waals surface area (Å²) in [5.74, 6) is 0.738. The Morgan fingerprint density at radius 1 is 0.966 bits per heavy atom. The molecule has 0 spiro atoms. The van der Waals surface area contributed by atoms with Crippen molar-refractivity contribution in [1.29, 1.82) is 0 Å². The first-order valence-corrected chi connectivity index (χ1v) is 11.0. The maximum absolute atomic E-state index is 4.20. The van der Waals surface area contributed by atoms with Crippen molar-refractivity contribution >= 4 is 0 Å². The van der Waals surface area contributed by atoms with E-state index in [0.29, 0.717) is 6.04 Å². The molecule has 3 aliphatic rings. The third-order valence-electron chi connectivity index (χ3n) is 6.33. The van der Waals surface area contributed by atoms with Gasteiger partial charge in [0, 0.05) is 31.5 Å². The maximum Gasteiger partial charge on any atom is 0.0555 e. The van der Waals surface area contributed by atoms with Gasteiger partial charge in [-0.2, -0.15) is 0 Å². The van der Waals surface area contributed by atoms with Gasteiger partial charge in [-0.25, -0.2) is 0 Å². The van der Waals surface area contributed by atoms with Gasteiger partial charge in [-0.05, 0) is 56.1 Å². The molecule has 1 aliphatic carbocycles. The molecule has 154 valence electrons. The molecule has 2 heteroatoms. The molecule has 0 aromatic rings. The molecule has 0 saturated carbocycles. The van der Waals surface area contributed by atoms with Gasteiger partial charge in [0.2, 0.25) is 0 Å². The minimum absolute atomic E-state index is 0.543. The molecule has 3 rings (SSSR count). The summed E-state index contributed by atoms with van der Waals surface area (Å²) in [6.07, 6.45) is 23.7. The topological polar surface area (TPSA) is 6.48 Å². The summed E-state index contributed by atoms with van der Waals surface area (Å²) in [5, 5.41) is 0. The predicted octanol–water partition coefficient (Wildman–Crippen LogP) is 6.32. The molecule has 2 heterocycles. The van der Waals surface area contributed by atoms with Crippen molar-refractivity contribution in [3.05, 3.63) is 97.5 Å². The van der Waals surface area contributed by atoms with Crippen LogP contribution in [-0.2, 0) is 0 Å². The lowest BCUT2D eigenvalue weighted by Crippen LogP contribution is -2.41. The standard InChI is InChI=1S/C27H36N2/c1-5-7-10-22(3)15-19-28-21-17-25-26(28)14-13-24-12-9-18-29(27(24)25)20-16-23(4)11-8-6-2/h5-8,10-11,17,21,24,26H,1-4,9,12-16,18-20H2. The van der Waals surface area contributed by atoms with Crippen molar-refractivity contribution in [2.24, 2.45) is 5.92 Å². The number of rotatable bonds is 10. The van der Waals surface area contributed by atoms with E-state index >= 15 is 0 Å². The van der Waals surface area contributed by atoms with Crippen LogP contribution >= 0.6 is 0 Å². The molecule has 2 atom stereocenters. The number of fused-ring (bicyclic) bond motifs is 2. The van der Waals surface area contributed by atoms with Crippen molar-refractivity contribution in [2.45, 2.75) is 44.6 Å². The van der Waals surface area contributed by atoms with Crippen molar-refractivity contribution in [3.8, 4) is 0 Å². The highest BCUT2D eigenvalue weighted by Gasteiger charge is 2.37. The van der Waals surface area contributed by atoms with Crippen molar-refractivity contribution in [1.82, 2.24) is 9.80 Å². The fraction of sp³-hybridized carbons (Fsp3) is 0.407. The van der Waals surface area contributed by atoms with E-state index in [4.69, 9.17) is 0 Å². The molecule has 0 radical (unpaired) electrons. The van der Waals surface area contributed by atoms with Gasteiger partial charge in [-0.15, -0.1) is 0 Å². The largest absolute Gasteiger partial charge is 0.374 e. The Morgan fingerprint density at radius 2 is 1.66 bits per heavy atom. The normalized spacial score (nSPS) is 23.6. The van der Waals surface area contributed by atoms with E-state index in [0.717, 1.165) is 31.8 Å². The Morgan fingerprint density at radius 3 is 2.34 bits per heavy atom. The number of likely N-dealkylation sites (tertiary alicyclic amines) is 1. The van der Waals surface area contributed by atoms with Crippen molar-refractivity contribution in [2.75, 3.05) is 19.6 Å². The van der Waals surface area contributed by atoms with E-state index in [2.05, 4.69) is 60.5 Å². The lowest BCUT2D eigenvalue weighted by atomic mass is 9.79. The summed E-state index contributed by atoms with van der Waals surface area (Å²) >= 11 is 0. The Hall–Kier alpha value is -2.48. The van der Waals surface area contributed by atoms with Gasteiger partial charge < -0.3 is 9.80 Å². The molecule has 2 aliphatic heterocycles. The lowest BCUT2D eigenvalue weighted by molar-refractivity contribution is 0.195. The molecule has 0 bridgehead atoms. The zero-order valence-corrected chi connectivity index (χ0v) is 17.9. The molecule has 0 N–H and O–H groups in total. The van der Waals surface area contributed by atoms with E-state index in [1.165, 1.54) is 43.4 Å². The van der Waals surface area contributed by atoms with Gasteiger partial charge in [-0.3, -0.25) is 0 Å². The predicted molar refractivity (Wildman–Crippen MR) is 126 cm³/mol. The van der Waals surface area contributed by atoms with Crippen LogP contribution in [0.25, 0.3) is 0 Å². The van der Waals surface area contributed by atoms with Gasteiger partial charge >= 0.3 is 0 Å². The minimum atomic E-state index is 0.543. The van der Waals surface area contributed by atoms with Gasteiger partial charge in [0.05, 0.1) is 6.04 Å². The number of nitrogens with zero attached hydrogens (tertiary/aromatic N) is 2. The van der Waals surface area contributed by atoms with Crippen LogP contribution in [0.4, 0.5) is 0 Å². The zero-order valence-electron chi connectivity index (χ0n) is 17.9. The number of hydrogen-bond donors (Lipinski definition) is 0.